The quantitative estimate of drug-likeness (QED) is 0.565. The van der Waals surface area contributed by atoms with Crippen LogP contribution in [0.5, 0.6) is 0 Å². The van der Waals surface area contributed by atoms with E-state index in [1.165, 1.54) is 6.07 Å². The molecule has 0 bridgehead atoms. The Morgan fingerprint density at radius 2 is 1.91 bits per heavy atom. The molecular weight excluding hydrogens is 317 g/mol. The van der Waals surface area contributed by atoms with Crippen LogP contribution in [0.2, 0.25) is 5.15 Å². The molecule has 0 amide bonds. The minimum atomic E-state index is -0.631. The number of anilines is 2. The molecule has 7 heteroatoms. The molecule has 116 valence electrons. The summed E-state index contributed by atoms with van der Waals surface area (Å²) in [5, 5.41) is 3.14. The zero-order valence-electron chi connectivity index (χ0n) is 12.0. The van der Waals surface area contributed by atoms with Crippen molar-refractivity contribution in [3.8, 4) is 11.4 Å². The fourth-order valence-corrected chi connectivity index (χ4v) is 2.24. The third kappa shape index (κ3) is 3.92. The van der Waals surface area contributed by atoms with Crippen LogP contribution in [0.15, 0.2) is 48.8 Å². The van der Waals surface area contributed by atoms with E-state index in [-0.39, 0.29) is 5.15 Å². The number of nitrogens with zero attached hydrogens (tertiary/aromatic N) is 3. The van der Waals surface area contributed by atoms with Crippen molar-refractivity contribution in [2.45, 2.75) is 6.54 Å². The molecule has 0 saturated heterocycles. The summed E-state index contributed by atoms with van der Waals surface area (Å²) < 4.78 is 13.2. The lowest BCUT2D eigenvalue weighted by Crippen LogP contribution is -2.02. The van der Waals surface area contributed by atoms with Gasteiger partial charge in [0, 0.05) is 47.5 Å². The number of nitrogen functional groups attached to an aromatic ring is 1. The number of nitrogens with one attached hydrogen (secondary N) is 1. The summed E-state index contributed by atoms with van der Waals surface area (Å²) in [5.74, 6) is -0.0349. The van der Waals surface area contributed by atoms with Crippen LogP contribution in [0.1, 0.15) is 5.56 Å². The van der Waals surface area contributed by atoms with Crippen LogP contribution in [-0.2, 0) is 6.54 Å². The number of aromatic nitrogens is 3. The predicted molar refractivity (Wildman–Crippen MR) is 88.4 cm³/mol. The molecule has 0 unspecified atom stereocenters. The molecule has 3 N–H and O–H groups in total. The molecule has 0 spiro atoms. The molecule has 0 aliphatic heterocycles. The highest BCUT2D eigenvalue weighted by Crippen LogP contribution is 2.18. The average Bonchev–Trinajstić information content (AvgIpc) is 2.52. The van der Waals surface area contributed by atoms with Crippen molar-refractivity contribution in [2.24, 2.45) is 0 Å². The first kappa shape index (κ1) is 15.2. The van der Waals surface area contributed by atoms with E-state index in [1.54, 1.807) is 24.5 Å². The summed E-state index contributed by atoms with van der Waals surface area (Å²) in [7, 11) is 0. The summed E-state index contributed by atoms with van der Waals surface area (Å²) in [6.07, 6.45) is 3.41. The van der Waals surface area contributed by atoms with Gasteiger partial charge in [-0.15, -0.1) is 0 Å². The first-order chi connectivity index (χ1) is 11.1. The molecule has 3 aromatic rings. The lowest BCUT2D eigenvalue weighted by Gasteiger charge is -2.07. The van der Waals surface area contributed by atoms with Gasteiger partial charge in [0.25, 0.3) is 0 Å². The van der Waals surface area contributed by atoms with Gasteiger partial charge in [0.15, 0.2) is 5.82 Å². The molecular formula is C16H13ClFN5. The van der Waals surface area contributed by atoms with E-state index in [9.17, 15) is 4.39 Å². The first-order valence-electron chi connectivity index (χ1n) is 6.84. The Labute approximate surface area is 137 Å². The van der Waals surface area contributed by atoms with E-state index in [2.05, 4.69) is 20.3 Å². The van der Waals surface area contributed by atoms with Gasteiger partial charge in [0.1, 0.15) is 5.15 Å². The monoisotopic (exact) mass is 329 g/mol. The van der Waals surface area contributed by atoms with Gasteiger partial charge in [0.05, 0.1) is 0 Å². The second kappa shape index (κ2) is 6.58. The zero-order valence-corrected chi connectivity index (χ0v) is 12.8. The molecule has 1 aromatic carbocycles. The highest BCUT2D eigenvalue weighted by molar-refractivity contribution is 6.29. The maximum Gasteiger partial charge on any atom is 0.216 e. The number of pyridine rings is 1. The third-order valence-corrected chi connectivity index (χ3v) is 3.30. The summed E-state index contributed by atoms with van der Waals surface area (Å²) >= 11 is 5.71. The van der Waals surface area contributed by atoms with Gasteiger partial charge >= 0.3 is 0 Å². The predicted octanol–water partition coefficient (Wildman–Crippen LogP) is 3.53. The number of hydrogen-bond donors (Lipinski definition) is 2. The number of halogens is 2. The summed E-state index contributed by atoms with van der Waals surface area (Å²) in [5.41, 5.74) is 8.66. The van der Waals surface area contributed by atoms with Gasteiger partial charge < -0.3 is 11.1 Å². The molecule has 5 nitrogen and oxygen atoms in total. The van der Waals surface area contributed by atoms with Crippen molar-refractivity contribution < 1.29 is 4.39 Å². The van der Waals surface area contributed by atoms with Gasteiger partial charge in [-0.3, -0.25) is 0 Å². The van der Waals surface area contributed by atoms with E-state index in [0.717, 1.165) is 11.1 Å². The molecule has 3 rings (SSSR count). The first-order valence-corrected chi connectivity index (χ1v) is 7.22. The van der Waals surface area contributed by atoms with Gasteiger partial charge in [-0.1, -0.05) is 23.7 Å². The lowest BCUT2D eigenvalue weighted by atomic mass is 10.2. The summed E-state index contributed by atoms with van der Waals surface area (Å²) in [4.78, 5) is 12.1. The fourth-order valence-electron chi connectivity index (χ4n) is 2.04. The van der Waals surface area contributed by atoms with Crippen LogP contribution in [-0.4, -0.2) is 15.0 Å². The summed E-state index contributed by atoms with van der Waals surface area (Å²) in [6.45, 7) is 0.441. The Morgan fingerprint density at radius 1 is 1.13 bits per heavy atom. The Balaban J connectivity index is 1.70. The van der Waals surface area contributed by atoms with Crippen LogP contribution in [0.25, 0.3) is 11.4 Å². The van der Waals surface area contributed by atoms with Crippen LogP contribution in [0, 0.1) is 5.95 Å². The molecule has 0 fully saturated rings. The number of hydrogen-bond acceptors (Lipinski definition) is 5. The molecule has 0 radical (unpaired) electrons. The SMILES string of the molecule is Nc1cccc(-c2ncc(CNc3cc(F)nc(Cl)c3)cn2)c1. The Hall–Kier alpha value is -2.73. The number of rotatable bonds is 4. The maximum atomic E-state index is 13.2. The Bertz CT molecular complexity index is 803. The molecule has 0 aliphatic carbocycles. The molecule has 2 heterocycles. The standard InChI is InChI=1S/C16H13ClFN5/c17-14-5-13(6-15(18)23-14)20-7-10-8-21-16(22-9-10)11-2-1-3-12(19)4-11/h1-6,8-9H,7,19H2,(H,20,23). The van der Waals surface area contributed by atoms with Crippen molar-refractivity contribution in [1.82, 2.24) is 15.0 Å². The van der Waals surface area contributed by atoms with E-state index >= 15 is 0 Å². The van der Waals surface area contributed by atoms with Crippen molar-refractivity contribution in [3.05, 3.63) is 65.5 Å². The minimum Gasteiger partial charge on any atom is -0.399 e. The lowest BCUT2D eigenvalue weighted by molar-refractivity contribution is 0.584. The number of nitrogens with two attached hydrogens (primary N) is 1. The van der Waals surface area contributed by atoms with E-state index < -0.39 is 5.95 Å². The molecule has 0 saturated carbocycles. The normalized spacial score (nSPS) is 10.5. The van der Waals surface area contributed by atoms with Crippen LogP contribution < -0.4 is 11.1 Å². The van der Waals surface area contributed by atoms with Gasteiger partial charge in [-0.2, -0.15) is 4.39 Å². The smallest absolute Gasteiger partial charge is 0.216 e. The zero-order chi connectivity index (χ0) is 16.2. The molecule has 2 aromatic heterocycles. The Morgan fingerprint density at radius 3 is 2.61 bits per heavy atom. The highest BCUT2D eigenvalue weighted by atomic mass is 35.5. The van der Waals surface area contributed by atoms with Crippen LogP contribution in [0.3, 0.4) is 0 Å². The fraction of sp³-hybridized carbons (Fsp3) is 0.0625. The van der Waals surface area contributed by atoms with Crippen molar-refractivity contribution in [1.29, 1.82) is 0 Å². The van der Waals surface area contributed by atoms with Crippen LogP contribution in [0.4, 0.5) is 15.8 Å². The topological polar surface area (TPSA) is 76.7 Å². The Kier molecular flexibility index (Phi) is 4.34. The largest absolute Gasteiger partial charge is 0.399 e. The van der Waals surface area contributed by atoms with Crippen molar-refractivity contribution in [2.75, 3.05) is 11.1 Å². The van der Waals surface area contributed by atoms with Crippen LogP contribution >= 0.6 is 11.6 Å². The number of benzene rings is 1. The van der Waals surface area contributed by atoms with E-state index in [4.69, 9.17) is 17.3 Å². The average molecular weight is 330 g/mol. The highest BCUT2D eigenvalue weighted by Gasteiger charge is 2.04. The second-order valence-electron chi connectivity index (χ2n) is 4.90. The van der Waals surface area contributed by atoms with E-state index in [0.29, 0.717) is 23.7 Å². The van der Waals surface area contributed by atoms with Crippen molar-refractivity contribution in [3.63, 3.8) is 0 Å². The van der Waals surface area contributed by atoms with Gasteiger partial charge in [-0.25, -0.2) is 15.0 Å². The van der Waals surface area contributed by atoms with Gasteiger partial charge in [0.2, 0.25) is 5.95 Å². The van der Waals surface area contributed by atoms with E-state index in [1.807, 2.05) is 18.2 Å². The summed E-state index contributed by atoms with van der Waals surface area (Å²) in [6, 6.07) is 10.2. The molecule has 0 atom stereocenters. The van der Waals surface area contributed by atoms with Crippen molar-refractivity contribution >= 4 is 23.0 Å². The minimum absolute atomic E-state index is 0.0979. The second-order valence-corrected chi connectivity index (χ2v) is 5.28. The molecule has 23 heavy (non-hydrogen) atoms. The maximum absolute atomic E-state index is 13.2. The third-order valence-electron chi connectivity index (χ3n) is 3.11. The van der Waals surface area contributed by atoms with Gasteiger partial charge in [-0.05, 0) is 18.2 Å². The molecule has 0 aliphatic rings.